The van der Waals surface area contributed by atoms with Crippen LogP contribution in [0.4, 0.5) is 0 Å². The van der Waals surface area contributed by atoms with Gasteiger partial charge in [0.1, 0.15) is 5.84 Å². The smallest absolute Gasteiger partial charge is 0.122 e. The minimum absolute atomic E-state index is 0.115. The average molecular weight is 280 g/mol. The van der Waals surface area contributed by atoms with E-state index in [1.54, 1.807) is 0 Å². The van der Waals surface area contributed by atoms with Gasteiger partial charge in [-0.1, -0.05) is 74.7 Å². The summed E-state index contributed by atoms with van der Waals surface area (Å²) >= 11 is 0. The molecule has 0 amide bonds. The number of benzene rings is 2. The molecule has 0 fully saturated rings. The van der Waals surface area contributed by atoms with Crippen LogP contribution in [0.15, 0.2) is 48.5 Å². The van der Waals surface area contributed by atoms with E-state index in [9.17, 15) is 0 Å². The number of nitrogen functional groups attached to an aromatic ring is 1. The van der Waals surface area contributed by atoms with Gasteiger partial charge in [0.2, 0.25) is 0 Å². The van der Waals surface area contributed by atoms with Gasteiger partial charge in [-0.2, -0.15) is 0 Å². The van der Waals surface area contributed by atoms with Crippen LogP contribution in [0, 0.1) is 5.41 Å². The van der Waals surface area contributed by atoms with Gasteiger partial charge in [0, 0.05) is 5.56 Å². The quantitative estimate of drug-likeness (QED) is 0.429. The first-order chi connectivity index (χ1) is 10.2. The van der Waals surface area contributed by atoms with Crippen LogP contribution in [0.1, 0.15) is 43.7 Å². The van der Waals surface area contributed by atoms with Crippen molar-refractivity contribution in [3.63, 3.8) is 0 Å². The molecule has 0 saturated carbocycles. The third-order valence-corrected chi connectivity index (χ3v) is 3.80. The van der Waals surface area contributed by atoms with Gasteiger partial charge in [-0.3, -0.25) is 5.41 Å². The predicted octanol–water partition coefficient (Wildman–Crippen LogP) is 4.76. The maximum Gasteiger partial charge on any atom is 0.122 e. The maximum atomic E-state index is 7.41. The Bertz CT molecular complexity index is 568. The lowest BCUT2D eigenvalue weighted by Gasteiger charge is -2.06. The summed E-state index contributed by atoms with van der Waals surface area (Å²) in [7, 11) is 0. The fourth-order valence-electron chi connectivity index (χ4n) is 2.46. The Morgan fingerprint density at radius 1 is 0.857 bits per heavy atom. The number of nitrogens with two attached hydrogens (primary N) is 1. The number of hydrogen-bond acceptors (Lipinski definition) is 1. The highest BCUT2D eigenvalue weighted by atomic mass is 14.7. The van der Waals surface area contributed by atoms with Crippen LogP contribution in [0.2, 0.25) is 0 Å². The molecule has 0 atom stereocenters. The summed E-state index contributed by atoms with van der Waals surface area (Å²) in [6, 6.07) is 16.6. The molecule has 2 aromatic carbocycles. The number of unbranched alkanes of at least 4 members (excludes halogenated alkanes) is 3. The molecule has 0 spiro atoms. The Morgan fingerprint density at radius 3 is 1.95 bits per heavy atom. The van der Waals surface area contributed by atoms with E-state index >= 15 is 0 Å². The largest absolute Gasteiger partial charge is 0.384 e. The highest BCUT2D eigenvalue weighted by Crippen LogP contribution is 2.21. The van der Waals surface area contributed by atoms with Crippen molar-refractivity contribution in [2.45, 2.75) is 39.0 Å². The van der Waals surface area contributed by atoms with E-state index in [0.717, 1.165) is 11.1 Å². The van der Waals surface area contributed by atoms with Crippen LogP contribution in [0.25, 0.3) is 11.1 Å². The molecule has 2 nitrogen and oxygen atoms in total. The molecule has 2 aromatic rings. The third kappa shape index (κ3) is 4.45. The molecule has 2 heteroatoms. The van der Waals surface area contributed by atoms with E-state index in [0.29, 0.717) is 0 Å². The molecule has 2 rings (SSSR count). The second-order valence-corrected chi connectivity index (χ2v) is 5.50. The molecule has 0 aliphatic carbocycles. The molecule has 0 aromatic heterocycles. The second-order valence-electron chi connectivity index (χ2n) is 5.50. The Hall–Kier alpha value is -2.09. The summed E-state index contributed by atoms with van der Waals surface area (Å²) in [6.45, 7) is 2.24. The monoisotopic (exact) mass is 280 g/mol. The standard InChI is InChI=1S/C19H24N2/c1-2-3-4-5-6-15-7-9-16(10-8-15)17-11-13-18(14-12-17)19(20)21/h7-14H,2-6H2,1H3,(H3,20,21). The van der Waals surface area contributed by atoms with Crippen LogP contribution < -0.4 is 5.73 Å². The van der Waals surface area contributed by atoms with Gasteiger partial charge in [0.25, 0.3) is 0 Å². The van der Waals surface area contributed by atoms with Gasteiger partial charge in [-0.25, -0.2) is 0 Å². The number of rotatable bonds is 7. The lowest BCUT2D eigenvalue weighted by Crippen LogP contribution is -2.10. The molecule has 0 aliphatic rings. The topological polar surface area (TPSA) is 49.9 Å². The Morgan fingerprint density at radius 2 is 1.43 bits per heavy atom. The van der Waals surface area contributed by atoms with Crippen molar-refractivity contribution >= 4 is 5.84 Å². The Labute approximate surface area is 127 Å². The Balaban J connectivity index is 1.99. The molecular weight excluding hydrogens is 256 g/mol. The van der Waals surface area contributed by atoms with Gasteiger partial charge in [0.15, 0.2) is 0 Å². The summed E-state index contributed by atoms with van der Waals surface area (Å²) in [5, 5.41) is 7.41. The van der Waals surface area contributed by atoms with Crippen molar-refractivity contribution in [3.05, 3.63) is 59.7 Å². The number of aryl methyl sites for hydroxylation is 1. The molecule has 0 radical (unpaired) electrons. The van der Waals surface area contributed by atoms with Gasteiger partial charge in [-0.15, -0.1) is 0 Å². The van der Waals surface area contributed by atoms with Crippen LogP contribution >= 0.6 is 0 Å². The SMILES string of the molecule is CCCCCCc1ccc(-c2ccc(C(=N)N)cc2)cc1. The first-order valence-electron chi connectivity index (χ1n) is 7.74. The van der Waals surface area contributed by atoms with Crippen molar-refractivity contribution in [2.75, 3.05) is 0 Å². The zero-order valence-electron chi connectivity index (χ0n) is 12.7. The number of amidine groups is 1. The van der Waals surface area contributed by atoms with Crippen molar-refractivity contribution in [2.24, 2.45) is 5.73 Å². The van der Waals surface area contributed by atoms with E-state index in [1.807, 2.05) is 24.3 Å². The summed E-state index contributed by atoms with van der Waals surface area (Å²) in [6.07, 6.45) is 6.39. The minimum Gasteiger partial charge on any atom is -0.384 e. The third-order valence-electron chi connectivity index (χ3n) is 3.80. The lowest BCUT2D eigenvalue weighted by atomic mass is 10.00. The van der Waals surface area contributed by atoms with E-state index < -0.39 is 0 Å². The number of hydrogen-bond donors (Lipinski definition) is 2. The molecule has 0 aliphatic heterocycles. The van der Waals surface area contributed by atoms with E-state index in [-0.39, 0.29) is 5.84 Å². The van der Waals surface area contributed by atoms with Crippen LogP contribution in [-0.2, 0) is 6.42 Å². The average Bonchev–Trinajstić information content (AvgIpc) is 2.52. The van der Waals surface area contributed by atoms with Crippen molar-refractivity contribution in [1.82, 2.24) is 0 Å². The highest BCUT2D eigenvalue weighted by molar-refractivity contribution is 5.95. The summed E-state index contributed by atoms with van der Waals surface area (Å²) < 4.78 is 0. The normalized spacial score (nSPS) is 10.5. The van der Waals surface area contributed by atoms with E-state index in [4.69, 9.17) is 11.1 Å². The molecule has 110 valence electrons. The van der Waals surface area contributed by atoms with Crippen molar-refractivity contribution in [3.8, 4) is 11.1 Å². The van der Waals surface area contributed by atoms with Gasteiger partial charge in [-0.05, 0) is 29.5 Å². The molecule has 0 saturated heterocycles. The molecule has 0 bridgehead atoms. The minimum atomic E-state index is 0.115. The van der Waals surface area contributed by atoms with E-state index in [1.165, 1.54) is 43.2 Å². The zero-order valence-corrected chi connectivity index (χ0v) is 12.7. The summed E-state index contributed by atoms with van der Waals surface area (Å²) in [5.41, 5.74) is 10.0. The zero-order chi connectivity index (χ0) is 15.1. The van der Waals surface area contributed by atoms with E-state index in [2.05, 4.69) is 31.2 Å². The maximum absolute atomic E-state index is 7.41. The van der Waals surface area contributed by atoms with Crippen molar-refractivity contribution < 1.29 is 0 Å². The molecule has 0 unspecified atom stereocenters. The summed E-state index contributed by atoms with van der Waals surface area (Å²) in [4.78, 5) is 0. The van der Waals surface area contributed by atoms with Gasteiger partial charge < -0.3 is 5.73 Å². The van der Waals surface area contributed by atoms with Crippen LogP contribution in [0.3, 0.4) is 0 Å². The Kier molecular flexibility index (Phi) is 5.56. The second kappa shape index (κ2) is 7.63. The molecule has 0 heterocycles. The van der Waals surface area contributed by atoms with Crippen LogP contribution in [0.5, 0.6) is 0 Å². The lowest BCUT2D eigenvalue weighted by molar-refractivity contribution is 0.667. The number of nitrogens with one attached hydrogen (secondary N) is 1. The van der Waals surface area contributed by atoms with Crippen molar-refractivity contribution in [1.29, 1.82) is 5.41 Å². The highest BCUT2D eigenvalue weighted by Gasteiger charge is 2.00. The first kappa shape index (κ1) is 15.3. The molecule has 3 N–H and O–H groups in total. The fourth-order valence-corrected chi connectivity index (χ4v) is 2.46. The van der Waals surface area contributed by atoms with Gasteiger partial charge >= 0.3 is 0 Å². The van der Waals surface area contributed by atoms with Gasteiger partial charge in [0.05, 0.1) is 0 Å². The fraction of sp³-hybridized carbons (Fsp3) is 0.316. The first-order valence-corrected chi connectivity index (χ1v) is 7.74. The predicted molar refractivity (Wildman–Crippen MR) is 90.7 cm³/mol. The molecular formula is C19H24N2. The van der Waals surface area contributed by atoms with Crippen LogP contribution in [-0.4, -0.2) is 5.84 Å². The molecule has 21 heavy (non-hydrogen) atoms. The summed E-state index contributed by atoms with van der Waals surface area (Å²) in [5.74, 6) is 0.115.